The van der Waals surface area contributed by atoms with Crippen molar-refractivity contribution >= 4 is 17.6 Å². The van der Waals surface area contributed by atoms with Crippen molar-refractivity contribution in [2.24, 2.45) is 0 Å². The number of para-hydroxylation sites is 1. The minimum atomic E-state index is -0.481. The van der Waals surface area contributed by atoms with Crippen LogP contribution in [0.3, 0.4) is 0 Å². The molecule has 1 saturated carbocycles. The van der Waals surface area contributed by atoms with Gasteiger partial charge in [0.1, 0.15) is 0 Å². The molecular formula is C16H22N4O4. The van der Waals surface area contributed by atoms with E-state index in [0.717, 1.165) is 25.7 Å². The molecule has 8 heteroatoms. The third-order valence-corrected chi connectivity index (χ3v) is 3.99. The number of likely N-dealkylation sites (N-methyl/N-ethyl adjacent to an activating group) is 1. The fraction of sp³-hybridized carbons (Fsp3) is 0.500. The van der Waals surface area contributed by atoms with E-state index in [0.29, 0.717) is 5.56 Å². The fourth-order valence-corrected chi connectivity index (χ4v) is 2.87. The van der Waals surface area contributed by atoms with Gasteiger partial charge >= 0.3 is 6.03 Å². The van der Waals surface area contributed by atoms with Crippen LogP contribution in [0.25, 0.3) is 0 Å². The van der Waals surface area contributed by atoms with Crippen LogP contribution < -0.4 is 10.6 Å². The summed E-state index contributed by atoms with van der Waals surface area (Å²) < 4.78 is 0. The Kier molecular flexibility index (Phi) is 6.25. The topological polar surface area (TPSA) is 105 Å². The van der Waals surface area contributed by atoms with Crippen LogP contribution in [0.5, 0.6) is 0 Å². The van der Waals surface area contributed by atoms with Gasteiger partial charge in [0.15, 0.2) is 0 Å². The summed E-state index contributed by atoms with van der Waals surface area (Å²) in [7, 11) is 1.67. The van der Waals surface area contributed by atoms with E-state index in [9.17, 15) is 19.7 Å². The van der Waals surface area contributed by atoms with Crippen molar-refractivity contribution in [3.63, 3.8) is 0 Å². The van der Waals surface area contributed by atoms with Gasteiger partial charge in [0.2, 0.25) is 5.91 Å². The van der Waals surface area contributed by atoms with Gasteiger partial charge in [-0.05, 0) is 19.9 Å². The fourth-order valence-electron chi connectivity index (χ4n) is 2.87. The number of amides is 3. The molecular weight excluding hydrogens is 312 g/mol. The number of benzene rings is 1. The monoisotopic (exact) mass is 334 g/mol. The van der Waals surface area contributed by atoms with Gasteiger partial charge in [-0.25, -0.2) is 4.79 Å². The van der Waals surface area contributed by atoms with Crippen LogP contribution in [0, 0.1) is 10.1 Å². The largest absolute Gasteiger partial charge is 0.335 e. The molecule has 1 aromatic rings. The molecule has 1 aliphatic rings. The molecule has 0 radical (unpaired) electrons. The van der Waals surface area contributed by atoms with Gasteiger partial charge in [-0.1, -0.05) is 31.0 Å². The van der Waals surface area contributed by atoms with E-state index in [1.807, 2.05) is 0 Å². The molecule has 0 atom stereocenters. The van der Waals surface area contributed by atoms with E-state index in [-0.39, 0.29) is 24.8 Å². The zero-order valence-corrected chi connectivity index (χ0v) is 13.7. The van der Waals surface area contributed by atoms with Crippen molar-refractivity contribution in [1.29, 1.82) is 0 Å². The van der Waals surface area contributed by atoms with E-state index in [4.69, 9.17) is 0 Å². The standard InChI is InChI=1S/C16H22N4O4/c1-19(10-12-6-2-5-9-14(12)20(23)24)11-15(21)18-16(22)17-13-7-3-4-8-13/h2,5-6,9,13H,3-4,7-8,10-11H2,1H3,(H2,17,18,21,22). The van der Waals surface area contributed by atoms with Gasteiger partial charge in [0, 0.05) is 24.2 Å². The Balaban J connectivity index is 1.81. The van der Waals surface area contributed by atoms with E-state index >= 15 is 0 Å². The Morgan fingerprint density at radius 3 is 2.62 bits per heavy atom. The van der Waals surface area contributed by atoms with Gasteiger partial charge in [0.05, 0.1) is 11.5 Å². The normalized spacial score (nSPS) is 14.6. The zero-order chi connectivity index (χ0) is 17.5. The number of nitrogens with zero attached hydrogens (tertiary/aromatic N) is 2. The maximum atomic E-state index is 11.9. The second kappa shape index (κ2) is 8.39. The van der Waals surface area contributed by atoms with Crippen molar-refractivity contribution < 1.29 is 14.5 Å². The van der Waals surface area contributed by atoms with Crippen LogP contribution in [0.1, 0.15) is 31.2 Å². The summed E-state index contributed by atoms with van der Waals surface area (Å²) in [6, 6.07) is 6.05. The number of imide groups is 1. The van der Waals surface area contributed by atoms with Crippen LogP contribution in [0.2, 0.25) is 0 Å². The highest BCUT2D eigenvalue weighted by Gasteiger charge is 2.19. The zero-order valence-electron chi connectivity index (χ0n) is 13.7. The number of carbonyl (C=O) groups is 2. The second-order valence-electron chi connectivity index (χ2n) is 6.06. The highest BCUT2D eigenvalue weighted by Crippen LogP contribution is 2.19. The molecule has 0 heterocycles. The molecule has 0 aromatic heterocycles. The molecule has 0 unspecified atom stereocenters. The number of urea groups is 1. The second-order valence-corrected chi connectivity index (χ2v) is 6.06. The van der Waals surface area contributed by atoms with Crippen LogP contribution in [-0.2, 0) is 11.3 Å². The Labute approximate surface area is 140 Å². The highest BCUT2D eigenvalue weighted by molar-refractivity contribution is 5.95. The summed E-state index contributed by atoms with van der Waals surface area (Å²) in [5.41, 5.74) is 0.539. The lowest BCUT2D eigenvalue weighted by Gasteiger charge is -2.17. The molecule has 24 heavy (non-hydrogen) atoms. The van der Waals surface area contributed by atoms with E-state index < -0.39 is 16.9 Å². The highest BCUT2D eigenvalue weighted by atomic mass is 16.6. The lowest BCUT2D eigenvalue weighted by Crippen LogP contribution is -2.46. The molecule has 0 saturated heterocycles. The smallest absolute Gasteiger partial charge is 0.321 e. The Morgan fingerprint density at radius 2 is 1.96 bits per heavy atom. The van der Waals surface area contributed by atoms with E-state index in [2.05, 4.69) is 10.6 Å². The first-order valence-corrected chi connectivity index (χ1v) is 7.97. The summed E-state index contributed by atoms with van der Waals surface area (Å²) >= 11 is 0. The predicted molar refractivity (Wildman–Crippen MR) is 88.4 cm³/mol. The van der Waals surface area contributed by atoms with Crippen molar-refractivity contribution in [2.75, 3.05) is 13.6 Å². The lowest BCUT2D eigenvalue weighted by molar-refractivity contribution is -0.385. The maximum absolute atomic E-state index is 11.9. The number of nitrogens with one attached hydrogen (secondary N) is 2. The van der Waals surface area contributed by atoms with Gasteiger partial charge in [-0.2, -0.15) is 0 Å². The molecule has 1 aliphatic carbocycles. The van der Waals surface area contributed by atoms with Crippen molar-refractivity contribution in [3.8, 4) is 0 Å². The average Bonchev–Trinajstić information content (AvgIpc) is 2.99. The van der Waals surface area contributed by atoms with Crippen LogP contribution >= 0.6 is 0 Å². The summed E-state index contributed by atoms with van der Waals surface area (Å²) in [6.07, 6.45) is 4.08. The number of hydrogen-bond acceptors (Lipinski definition) is 5. The molecule has 0 spiro atoms. The van der Waals surface area contributed by atoms with Gasteiger partial charge in [-0.15, -0.1) is 0 Å². The Bertz CT molecular complexity index is 614. The number of carbonyl (C=O) groups excluding carboxylic acids is 2. The molecule has 8 nitrogen and oxygen atoms in total. The van der Waals surface area contributed by atoms with Gasteiger partial charge in [-0.3, -0.25) is 25.1 Å². The molecule has 0 bridgehead atoms. The molecule has 0 aliphatic heterocycles. The molecule has 2 N–H and O–H groups in total. The Hall–Kier alpha value is -2.48. The number of nitro benzene ring substituents is 1. The number of rotatable bonds is 6. The quantitative estimate of drug-likeness (QED) is 0.609. The van der Waals surface area contributed by atoms with Crippen LogP contribution in [0.15, 0.2) is 24.3 Å². The summed E-state index contributed by atoms with van der Waals surface area (Å²) in [5, 5.41) is 16.1. The summed E-state index contributed by atoms with van der Waals surface area (Å²) in [4.78, 5) is 35.8. The van der Waals surface area contributed by atoms with Gasteiger partial charge in [0.25, 0.3) is 5.69 Å². The first-order valence-electron chi connectivity index (χ1n) is 7.97. The van der Waals surface area contributed by atoms with E-state index in [1.54, 1.807) is 30.1 Å². The summed E-state index contributed by atoms with van der Waals surface area (Å²) in [5.74, 6) is -0.438. The van der Waals surface area contributed by atoms with Crippen molar-refractivity contribution in [1.82, 2.24) is 15.5 Å². The maximum Gasteiger partial charge on any atom is 0.321 e. The first kappa shape index (κ1) is 17.9. The minimum Gasteiger partial charge on any atom is -0.335 e. The number of nitro groups is 1. The minimum absolute atomic E-state index is 0.0173. The molecule has 3 amide bonds. The molecule has 1 fully saturated rings. The van der Waals surface area contributed by atoms with Gasteiger partial charge < -0.3 is 5.32 Å². The Morgan fingerprint density at radius 1 is 1.29 bits per heavy atom. The molecule has 2 rings (SSSR count). The first-order chi connectivity index (χ1) is 11.5. The average molecular weight is 334 g/mol. The van der Waals surface area contributed by atoms with E-state index in [1.165, 1.54) is 6.07 Å². The van der Waals surface area contributed by atoms with Crippen molar-refractivity contribution in [3.05, 3.63) is 39.9 Å². The van der Waals surface area contributed by atoms with Crippen LogP contribution in [-0.4, -0.2) is 41.4 Å². The SMILES string of the molecule is CN(CC(=O)NC(=O)NC1CCCC1)Cc1ccccc1[N+](=O)[O-]. The number of hydrogen-bond donors (Lipinski definition) is 2. The lowest BCUT2D eigenvalue weighted by atomic mass is 10.1. The van der Waals surface area contributed by atoms with Crippen LogP contribution in [0.4, 0.5) is 10.5 Å². The predicted octanol–water partition coefficient (Wildman–Crippen LogP) is 1.79. The molecule has 130 valence electrons. The third kappa shape index (κ3) is 5.31. The third-order valence-electron chi connectivity index (χ3n) is 3.99. The van der Waals surface area contributed by atoms with Crippen molar-refractivity contribution in [2.45, 2.75) is 38.3 Å². The molecule has 1 aromatic carbocycles. The summed E-state index contributed by atoms with van der Waals surface area (Å²) in [6.45, 7) is 0.221.